The molecule has 1 aliphatic carbocycles. The van der Waals surface area contributed by atoms with Gasteiger partial charge in [0.05, 0.1) is 24.1 Å². The minimum atomic E-state index is -1.93. The van der Waals surface area contributed by atoms with Crippen LogP contribution in [0.15, 0.2) is 24.3 Å². The van der Waals surface area contributed by atoms with Crippen molar-refractivity contribution in [3.05, 3.63) is 29.8 Å². The Kier molecular flexibility index (Phi) is 4.12. The number of hydrogen-bond donors (Lipinski definition) is 2. The molecule has 1 aromatic rings. The van der Waals surface area contributed by atoms with Crippen LogP contribution in [0, 0.1) is 56.2 Å². The first-order chi connectivity index (χ1) is 13.9. The molecule has 3 aliphatic rings. The Hall–Kier alpha value is -3.41. The molecule has 1 saturated carbocycles. The van der Waals surface area contributed by atoms with Gasteiger partial charge < -0.3 is 14.8 Å². The Morgan fingerprint density at radius 2 is 1.86 bits per heavy atom. The lowest BCUT2D eigenvalue weighted by atomic mass is 9.51. The largest absolute Gasteiger partial charge is 0.447 e. The summed E-state index contributed by atoms with van der Waals surface area (Å²) in [5, 5.41) is 41.6. The second-order valence-electron chi connectivity index (χ2n) is 7.79. The van der Waals surface area contributed by atoms with Crippen LogP contribution in [-0.4, -0.2) is 17.6 Å². The van der Waals surface area contributed by atoms with Crippen molar-refractivity contribution in [2.24, 2.45) is 16.7 Å². The van der Waals surface area contributed by atoms with E-state index in [1.807, 2.05) is 12.1 Å². The maximum absolute atomic E-state index is 11.3. The van der Waals surface area contributed by atoms with Crippen molar-refractivity contribution in [2.75, 3.05) is 5.32 Å². The average molecular weight is 389 g/mol. The summed E-state index contributed by atoms with van der Waals surface area (Å²) >= 11 is 0. The van der Waals surface area contributed by atoms with E-state index in [1.165, 1.54) is 6.92 Å². The molecular weight excluding hydrogens is 370 g/mol. The zero-order valence-corrected chi connectivity index (χ0v) is 15.9. The van der Waals surface area contributed by atoms with Gasteiger partial charge in [-0.15, -0.1) is 0 Å². The zero-order chi connectivity index (χ0) is 20.9. The van der Waals surface area contributed by atoms with Crippen LogP contribution in [0.25, 0.3) is 0 Å². The number of carbonyl (C=O) groups is 1. The number of nitriles is 3. The fourth-order valence-corrected chi connectivity index (χ4v) is 5.11. The molecule has 2 N–H and O–H groups in total. The molecule has 0 radical (unpaired) electrons. The van der Waals surface area contributed by atoms with Gasteiger partial charge in [0.15, 0.2) is 5.41 Å². The van der Waals surface area contributed by atoms with Gasteiger partial charge in [0.2, 0.25) is 23.0 Å². The van der Waals surface area contributed by atoms with Gasteiger partial charge in [-0.2, -0.15) is 15.8 Å². The SMILES string of the molecule is CC(=O)Nc1ccc(C2OC34CCCCC3C(C#N)(C(=N)O4)C2(C#N)C#N)cc1. The number of hydrogen-bond acceptors (Lipinski definition) is 7. The van der Waals surface area contributed by atoms with Gasteiger partial charge in [0.25, 0.3) is 0 Å². The average Bonchev–Trinajstić information content (AvgIpc) is 2.93. The molecule has 2 aliphatic heterocycles. The number of nitrogens with one attached hydrogen (secondary N) is 2. The van der Waals surface area contributed by atoms with Crippen molar-refractivity contribution in [3.63, 3.8) is 0 Å². The summed E-state index contributed by atoms with van der Waals surface area (Å²) in [6.45, 7) is 1.40. The first-order valence-corrected chi connectivity index (χ1v) is 9.46. The van der Waals surface area contributed by atoms with Gasteiger partial charge in [-0.05, 0) is 30.5 Å². The minimum Gasteiger partial charge on any atom is -0.447 e. The molecule has 2 bridgehead atoms. The molecule has 8 nitrogen and oxygen atoms in total. The maximum atomic E-state index is 11.3. The van der Waals surface area contributed by atoms with E-state index >= 15 is 0 Å². The van der Waals surface area contributed by atoms with Gasteiger partial charge in [-0.25, -0.2) is 0 Å². The van der Waals surface area contributed by atoms with E-state index in [2.05, 4.69) is 11.4 Å². The van der Waals surface area contributed by atoms with Crippen LogP contribution >= 0.6 is 0 Å². The van der Waals surface area contributed by atoms with Crippen LogP contribution < -0.4 is 5.32 Å². The third-order valence-corrected chi connectivity index (χ3v) is 6.35. The van der Waals surface area contributed by atoms with E-state index in [0.717, 1.165) is 12.8 Å². The molecule has 1 aromatic carbocycles. The van der Waals surface area contributed by atoms with E-state index in [1.54, 1.807) is 24.3 Å². The predicted octanol–water partition coefficient (Wildman–Crippen LogP) is 3.15. The van der Waals surface area contributed by atoms with Crippen molar-refractivity contribution in [3.8, 4) is 18.2 Å². The Morgan fingerprint density at radius 1 is 1.17 bits per heavy atom. The van der Waals surface area contributed by atoms with Crippen molar-refractivity contribution in [1.29, 1.82) is 21.2 Å². The molecule has 4 unspecified atom stereocenters. The highest BCUT2D eigenvalue weighted by Crippen LogP contribution is 2.69. The lowest BCUT2D eigenvalue weighted by molar-refractivity contribution is -0.294. The Morgan fingerprint density at radius 3 is 2.45 bits per heavy atom. The van der Waals surface area contributed by atoms with E-state index < -0.39 is 28.6 Å². The maximum Gasteiger partial charge on any atom is 0.221 e. The highest BCUT2D eigenvalue weighted by atomic mass is 16.7. The van der Waals surface area contributed by atoms with Crippen LogP contribution in [0.4, 0.5) is 5.69 Å². The number of amides is 1. The van der Waals surface area contributed by atoms with Gasteiger partial charge in [-0.3, -0.25) is 10.2 Å². The van der Waals surface area contributed by atoms with Gasteiger partial charge in [-0.1, -0.05) is 18.6 Å². The van der Waals surface area contributed by atoms with Gasteiger partial charge in [0, 0.05) is 19.0 Å². The normalized spacial score (nSPS) is 33.9. The lowest BCUT2D eigenvalue weighted by Gasteiger charge is -2.51. The molecule has 29 heavy (non-hydrogen) atoms. The topological polar surface area (TPSA) is 143 Å². The Labute approximate surface area is 168 Å². The van der Waals surface area contributed by atoms with Gasteiger partial charge >= 0.3 is 0 Å². The Bertz CT molecular complexity index is 1000. The summed E-state index contributed by atoms with van der Waals surface area (Å²) in [5.41, 5.74) is -2.55. The molecule has 2 heterocycles. The first-order valence-electron chi connectivity index (χ1n) is 9.46. The minimum absolute atomic E-state index is 0.220. The summed E-state index contributed by atoms with van der Waals surface area (Å²) in [4.78, 5) is 11.3. The molecular formula is C21H19N5O3. The predicted molar refractivity (Wildman–Crippen MR) is 99.8 cm³/mol. The monoisotopic (exact) mass is 389 g/mol. The first kappa shape index (κ1) is 18.9. The van der Waals surface area contributed by atoms with Gasteiger partial charge in [0.1, 0.15) is 6.10 Å². The molecule has 0 spiro atoms. The van der Waals surface area contributed by atoms with Crippen LogP contribution in [-0.2, 0) is 14.3 Å². The van der Waals surface area contributed by atoms with E-state index in [-0.39, 0.29) is 11.8 Å². The number of rotatable bonds is 2. The summed E-state index contributed by atoms with van der Waals surface area (Å²) in [6.07, 6.45) is 1.61. The summed E-state index contributed by atoms with van der Waals surface area (Å²) < 4.78 is 12.2. The number of ether oxygens (including phenoxy) is 2. The number of benzene rings is 1. The van der Waals surface area contributed by atoms with E-state index in [9.17, 15) is 20.6 Å². The lowest BCUT2D eigenvalue weighted by Crippen LogP contribution is -2.60. The highest BCUT2D eigenvalue weighted by Gasteiger charge is 2.80. The molecule has 8 heteroatoms. The van der Waals surface area contributed by atoms with Crippen molar-refractivity contribution >= 4 is 17.5 Å². The fraction of sp³-hybridized carbons (Fsp3) is 0.476. The molecule has 3 fully saturated rings. The zero-order valence-electron chi connectivity index (χ0n) is 15.9. The van der Waals surface area contributed by atoms with E-state index in [4.69, 9.17) is 14.9 Å². The third kappa shape index (κ3) is 2.26. The smallest absolute Gasteiger partial charge is 0.221 e. The quantitative estimate of drug-likeness (QED) is 0.795. The van der Waals surface area contributed by atoms with Crippen molar-refractivity contribution < 1.29 is 14.3 Å². The van der Waals surface area contributed by atoms with Crippen LogP contribution in [0.3, 0.4) is 0 Å². The number of carbonyl (C=O) groups excluding carboxylic acids is 1. The Balaban J connectivity index is 1.88. The third-order valence-electron chi connectivity index (χ3n) is 6.35. The summed E-state index contributed by atoms with van der Waals surface area (Å²) in [7, 11) is 0. The molecule has 1 amide bonds. The van der Waals surface area contributed by atoms with E-state index in [0.29, 0.717) is 24.1 Å². The standard InChI is InChI=1S/C21H19N5O3/c1-13(27)26-15-7-5-14(6-8-15)17-19(10-22,11-23)20(12-24)16-4-2-3-9-21(16,28-17)29-18(20)25/h5-8,16-17,25H,2-4,9H2,1H3,(H,26,27). The van der Waals surface area contributed by atoms with Crippen LogP contribution in [0.1, 0.15) is 44.3 Å². The molecule has 4 rings (SSSR count). The molecule has 2 saturated heterocycles. The van der Waals surface area contributed by atoms with Crippen LogP contribution in [0.5, 0.6) is 0 Å². The summed E-state index contributed by atoms with van der Waals surface area (Å²) in [5.74, 6) is -2.30. The second kappa shape index (κ2) is 6.30. The molecule has 0 aromatic heterocycles. The molecule has 146 valence electrons. The molecule has 4 atom stereocenters. The fourth-order valence-electron chi connectivity index (χ4n) is 5.11. The number of anilines is 1. The van der Waals surface area contributed by atoms with Crippen LogP contribution in [0.2, 0.25) is 0 Å². The highest BCUT2D eigenvalue weighted by molar-refractivity contribution is 5.90. The van der Waals surface area contributed by atoms with Crippen molar-refractivity contribution in [1.82, 2.24) is 0 Å². The second-order valence-corrected chi connectivity index (χ2v) is 7.79. The number of nitrogens with zero attached hydrogens (tertiary/aromatic N) is 3. The van der Waals surface area contributed by atoms with Crippen molar-refractivity contribution in [2.45, 2.75) is 44.5 Å². The summed E-state index contributed by atoms with van der Waals surface area (Å²) in [6, 6.07) is 12.9.